The Hall–Kier alpha value is -0.590. The fourth-order valence-corrected chi connectivity index (χ4v) is 2.92. The summed E-state index contributed by atoms with van der Waals surface area (Å²) >= 11 is 4.83. The highest BCUT2D eigenvalue weighted by Crippen LogP contribution is 2.36. The van der Waals surface area contributed by atoms with Gasteiger partial charge in [0.2, 0.25) is 0 Å². The Bertz CT molecular complexity index is 524. The molecule has 1 aromatic carbocycles. The number of rotatable bonds is 5. The molecule has 0 saturated carbocycles. The van der Waals surface area contributed by atoms with Crippen molar-refractivity contribution in [1.29, 1.82) is 0 Å². The van der Waals surface area contributed by atoms with Crippen molar-refractivity contribution in [1.82, 2.24) is 0 Å². The molecule has 1 atom stereocenters. The minimum atomic E-state index is -1.24. The fourth-order valence-electron chi connectivity index (χ4n) is 2.17. The largest absolute Gasteiger partial charge is 0.591 e. The molecule has 1 aliphatic rings. The molecular formula is C16H22ClNO3S. The lowest BCUT2D eigenvalue weighted by Gasteiger charge is -2.27. The van der Waals surface area contributed by atoms with Crippen LogP contribution in [0.15, 0.2) is 28.7 Å². The Labute approximate surface area is 140 Å². The van der Waals surface area contributed by atoms with E-state index in [4.69, 9.17) is 21.1 Å². The average Bonchev–Trinajstić information content (AvgIpc) is 2.92. The molecule has 0 radical (unpaired) electrons. The quantitative estimate of drug-likeness (QED) is 0.602. The Morgan fingerprint density at radius 1 is 1.36 bits per heavy atom. The highest BCUT2D eigenvalue weighted by Gasteiger charge is 2.38. The molecule has 6 heteroatoms. The van der Waals surface area contributed by atoms with Gasteiger partial charge in [-0.25, -0.2) is 0 Å². The van der Waals surface area contributed by atoms with Gasteiger partial charge in [0, 0.05) is 17.0 Å². The van der Waals surface area contributed by atoms with E-state index in [0.717, 1.165) is 5.56 Å². The van der Waals surface area contributed by atoms with Crippen LogP contribution in [0.25, 0.3) is 0 Å². The Kier molecular flexibility index (Phi) is 5.91. The van der Waals surface area contributed by atoms with E-state index in [1.807, 2.05) is 45.0 Å². The zero-order chi connectivity index (χ0) is 16.2. The minimum absolute atomic E-state index is 0.346. The smallest absolute Gasteiger partial charge is 0.195 e. The first-order chi connectivity index (χ1) is 10.3. The Morgan fingerprint density at radius 3 is 2.64 bits per heavy atom. The van der Waals surface area contributed by atoms with Gasteiger partial charge in [-0.1, -0.05) is 28.1 Å². The van der Waals surface area contributed by atoms with Crippen LogP contribution in [0.4, 0.5) is 0 Å². The maximum atomic E-state index is 11.9. The monoisotopic (exact) mass is 343 g/mol. The first-order valence-corrected chi connectivity index (χ1v) is 8.80. The second kappa shape index (κ2) is 7.32. The standard InChI is InChI=1S/C16H22ClNO3S/c1-15(2,3)22(19)18-9-5-8-16(20-10-11-21-16)13-6-4-7-14(17)12-13/h4,6-7,9,12H,5,8,10-11H2,1-3H3/t22-/m1/s1. The number of ether oxygens (including phenoxy) is 2. The Morgan fingerprint density at radius 2 is 2.05 bits per heavy atom. The predicted octanol–water partition coefficient (Wildman–Crippen LogP) is 3.85. The highest BCUT2D eigenvalue weighted by molar-refractivity contribution is 7.91. The summed E-state index contributed by atoms with van der Waals surface area (Å²) in [5.74, 6) is -0.778. The topological polar surface area (TPSA) is 53.9 Å². The molecule has 22 heavy (non-hydrogen) atoms. The molecule has 0 N–H and O–H groups in total. The van der Waals surface area contributed by atoms with E-state index in [1.165, 1.54) is 0 Å². The van der Waals surface area contributed by atoms with Crippen molar-refractivity contribution >= 4 is 29.2 Å². The van der Waals surface area contributed by atoms with Crippen LogP contribution in [0, 0.1) is 0 Å². The van der Waals surface area contributed by atoms with E-state index >= 15 is 0 Å². The zero-order valence-electron chi connectivity index (χ0n) is 13.2. The molecule has 0 bridgehead atoms. The van der Waals surface area contributed by atoms with Crippen LogP contribution >= 0.6 is 11.6 Å². The van der Waals surface area contributed by atoms with Crippen LogP contribution in [0.5, 0.6) is 0 Å². The summed E-state index contributed by atoms with van der Waals surface area (Å²) in [4.78, 5) is 0. The van der Waals surface area contributed by atoms with Crippen molar-refractivity contribution in [3.63, 3.8) is 0 Å². The summed E-state index contributed by atoms with van der Waals surface area (Å²) in [5, 5.41) is 0.651. The second-order valence-electron chi connectivity index (χ2n) is 6.15. The molecule has 4 nitrogen and oxygen atoms in total. The normalized spacial score (nSPS) is 19.7. The van der Waals surface area contributed by atoms with E-state index in [1.54, 1.807) is 6.21 Å². The summed E-state index contributed by atoms with van der Waals surface area (Å²) < 4.78 is 27.3. The fraction of sp³-hybridized carbons (Fsp3) is 0.562. The van der Waals surface area contributed by atoms with Crippen molar-refractivity contribution in [2.45, 2.75) is 44.1 Å². The summed E-state index contributed by atoms with van der Waals surface area (Å²) in [6.07, 6.45) is 2.92. The molecule has 0 aromatic heterocycles. The lowest BCUT2D eigenvalue weighted by atomic mass is 10.0. The highest BCUT2D eigenvalue weighted by atomic mass is 35.5. The van der Waals surface area contributed by atoms with E-state index in [-0.39, 0.29) is 4.75 Å². The van der Waals surface area contributed by atoms with E-state index in [0.29, 0.717) is 31.1 Å². The number of hydrogen-bond acceptors (Lipinski definition) is 4. The summed E-state index contributed by atoms with van der Waals surface area (Å²) in [5.41, 5.74) is 0.905. The molecule has 1 aromatic rings. The Balaban J connectivity index is 2.03. The van der Waals surface area contributed by atoms with Gasteiger partial charge in [0.1, 0.15) is 16.1 Å². The van der Waals surface area contributed by atoms with Crippen LogP contribution in [0.2, 0.25) is 5.02 Å². The first kappa shape index (κ1) is 17.8. The molecule has 2 rings (SSSR count). The third-order valence-corrected chi connectivity index (χ3v) is 4.94. The van der Waals surface area contributed by atoms with Gasteiger partial charge in [0.05, 0.1) is 19.4 Å². The molecule has 0 spiro atoms. The summed E-state index contributed by atoms with van der Waals surface area (Å²) in [6, 6.07) is 7.51. The average molecular weight is 344 g/mol. The maximum Gasteiger partial charge on any atom is 0.195 e. The van der Waals surface area contributed by atoms with Crippen molar-refractivity contribution in [3.8, 4) is 0 Å². The van der Waals surface area contributed by atoms with E-state index in [9.17, 15) is 4.55 Å². The molecule has 1 fully saturated rings. The molecule has 0 aliphatic carbocycles. The predicted molar refractivity (Wildman–Crippen MR) is 90.7 cm³/mol. The molecule has 1 heterocycles. The minimum Gasteiger partial charge on any atom is -0.591 e. The lowest BCUT2D eigenvalue weighted by Crippen LogP contribution is -2.28. The summed E-state index contributed by atoms with van der Waals surface area (Å²) in [6.45, 7) is 6.81. The zero-order valence-corrected chi connectivity index (χ0v) is 14.7. The summed E-state index contributed by atoms with van der Waals surface area (Å²) in [7, 11) is 0. The number of nitrogens with zero attached hydrogens (tertiary/aromatic N) is 1. The maximum absolute atomic E-state index is 11.9. The first-order valence-electron chi connectivity index (χ1n) is 7.32. The molecule has 0 unspecified atom stereocenters. The van der Waals surface area contributed by atoms with Gasteiger partial charge in [-0.15, -0.1) is 0 Å². The van der Waals surface area contributed by atoms with Crippen LogP contribution in [0.3, 0.4) is 0 Å². The van der Waals surface area contributed by atoms with Gasteiger partial charge < -0.3 is 14.0 Å². The van der Waals surface area contributed by atoms with Gasteiger partial charge >= 0.3 is 0 Å². The molecular weight excluding hydrogens is 322 g/mol. The van der Waals surface area contributed by atoms with E-state index in [2.05, 4.69) is 4.40 Å². The SMILES string of the molecule is CC(C)(C)[S@@+]([O-])N=CCCC1(c2cccc(Cl)c2)OCCO1. The molecule has 122 valence electrons. The van der Waals surface area contributed by atoms with Gasteiger partial charge in [-0.2, -0.15) is 0 Å². The van der Waals surface area contributed by atoms with Gasteiger partial charge in [-0.05, 0) is 39.3 Å². The third kappa shape index (κ3) is 4.46. The van der Waals surface area contributed by atoms with Gasteiger partial charge in [-0.3, -0.25) is 0 Å². The third-order valence-electron chi connectivity index (χ3n) is 3.31. The molecule has 1 aliphatic heterocycles. The number of benzene rings is 1. The molecule has 1 saturated heterocycles. The van der Waals surface area contributed by atoms with Crippen LogP contribution < -0.4 is 0 Å². The number of halogens is 1. The molecule has 0 amide bonds. The van der Waals surface area contributed by atoms with Crippen molar-refractivity contribution in [3.05, 3.63) is 34.9 Å². The van der Waals surface area contributed by atoms with Crippen LogP contribution in [0.1, 0.15) is 39.2 Å². The van der Waals surface area contributed by atoms with Gasteiger partial charge in [0.15, 0.2) is 5.79 Å². The second-order valence-corrected chi connectivity index (χ2v) is 8.52. The lowest BCUT2D eigenvalue weighted by molar-refractivity contribution is -0.169. The van der Waals surface area contributed by atoms with Crippen LogP contribution in [-0.4, -0.2) is 28.7 Å². The van der Waals surface area contributed by atoms with Crippen molar-refractivity contribution in [2.75, 3.05) is 13.2 Å². The van der Waals surface area contributed by atoms with Crippen LogP contribution in [-0.2, 0) is 26.6 Å². The van der Waals surface area contributed by atoms with E-state index < -0.39 is 17.1 Å². The van der Waals surface area contributed by atoms with Crippen molar-refractivity contribution in [2.24, 2.45) is 4.40 Å². The number of hydrogen-bond donors (Lipinski definition) is 0. The van der Waals surface area contributed by atoms with Crippen molar-refractivity contribution < 1.29 is 14.0 Å². The van der Waals surface area contributed by atoms with Gasteiger partial charge in [0.25, 0.3) is 0 Å².